The van der Waals surface area contributed by atoms with Gasteiger partial charge in [-0.3, -0.25) is 4.57 Å². The molecule has 5 nitrogen and oxygen atoms in total. The number of hydrogen-bond donors (Lipinski definition) is 1. The third-order valence-electron chi connectivity index (χ3n) is 3.07. The van der Waals surface area contributed by atoms with Crippen molar-refractivity contribution in [3.8, 4) is 0 Å². The van der Waals surface area contributed by atoms with Gasteiger partial charge < -0.3 is 10.2 Å². The van der Waals surface area contributed by atoms with Crippen LogP contribution >= 0.6 is 0 Å². The number of amides is 1. The quantitative estimate of drug-likeness (QED) is 0.766. The largest absolute Gasteiger partial charge is 0.383 e. The number of nitrogens with one attached hydrogen (secondary N) is 1. The van der Waals surface area contributed by atoms with E-state index in [1.807, 2.05) is 29.2 Å². The van der Waals surface area contributed by atoms with Crippen molar-refractivity contribution in [1.29, 1.82) is 0 Å². The fourth-order valence-electron chi connectivity index (χ4n) is 2.14. The van der Waals surface area contributed by atoms with Crippen LogP contribution in [0.1, 0.15) is 5.56 Å². The average molecular weight is 242 g/mol. The molecule has 1 aromatic carbocycles. The Hall–Kier alpha value is -2.30. The Morgan fingerprint density at radius 1 is 1.33 bits per heavy atom. The van der Waals surface area contributed by atoms with Crippen LogP contribution in [0.4, 0.5) is 10.5 Å². The lowest BCUT2D eigenvalue weighted by atomic mass is 10.2. The number of para-hydroxylation sites is 1. The summed E-state index contributed by atoms with van der Waals surface area (Å²) in [5.41, 5.74) is 2.25. The first-order chi connectivity index (χ1) is 8.84. The monoisotopic (exact) mass is 242 g/mol. The molecule has 5 heteroatoms. The highest BCUT2D eigenvalue weighted by molar-refractivity contribution is 5.77. The lowest BCUT2D eigenvalue weighted by molar-refractivity contribution is 0.200. The van der Waals surface area contributed by atoms with Crippen molar-refractivity contribution in [3.63, 3.8) is 0 Å². The molecule has 18 heavy (non-hydrogen) atoms. The molecule has 92 valence electrons. The Labute approximate surface area is 105 Å². The average Bonchev–Trinajstić information content (AvgIpc) is 2.84. The van der Waals surface area contributed by atoms with Gasteiger partial charge in [-0.05, 0) is 11.6 Å². The second-order valence-corrected chi connectivity index (χ2v) is 4.26. The van der Waals surface area contributed by atoms with Gasteiger partial charge in [0.25, 0.3) is 0 Å². The Kier molecular flexibility index (Phi) is 2.72. The van der Waals surface area contributed by atoms with Crippen molar-refractivity contribution < 1.29 is 4.79 Å². The minimum absolute atomic E-state index is 0.0361. The van der Waals surface area contributed by atoms with Crippen molar-refractivity contribution in [3.05, 3.63) is 48.5 Å². The van der Waals surface area contributed by atoms with Gasteiger partial charge in [0.15, 0.2) is 0 Å². The van der Waals surface area contributed by atoms with Gasteiger partial charge in [0.1, 0.15) is 6.33 Å². The maximum atomic E-state index is 12.2. The molecule has 0 saturated heterocycles. The molecule has 2 aromatic rings. The lowest BCUT2D eigenvalue weighted by Crippen LogP contribution is -2.35. The molecule has 0 bridgehead atoms. The summed E-state index contributed by atoms with van der Waals surface area (Å²) in [4.78, 5) is 18.0. The molecule has 0 spiro atoms. The number of carbonyl (C=O) groups is 1. The Balaban J connectivity index is 1.85. The molecular formula is C13H14N4O. The molecule has 0 fully saturated rings. The number of nitrogens with zero attached hydrogens (tertiary/aromatic N) is 3. The van der Waals surface area contributed by atoms with Crippen LogP contribution < -0.4 is 5.32 Å². The lowest BCUT2D eigenvalue weighted by Gasteiger charge is -2.20. The van der Waals surface area contributed by atoms with E-state index in [-0.39, 0.29) is 6.03 Å². The van der Waals surface area contributed by atoms with Crippen molar-refractivity contribution >= 4 is 11.7 Å². The maximum absolute atomic E-state index is 12.2. The molecule has 3 rings (SSSR count). The number of anilines is 1. The number of hydrogen-bond acceptors (Lipinski definition) is 3. The smallest absolute Gasteiger partial charge is 0.329 e. The van der Waals surface area contributed by atoms with Crippen LogP contribution in [-0.4, -0.2) is 33.6 Å². The first-order valence-electron chi connectivity index (χ1n) is 5.93. The van der Waals surface area contributed by atoms with Crippen molar-refractivity contribution in [2.24, 2.45) is 0 Å². The molecule has 1 N–H and O–H groups in total. The van der Waals surface area contributed by atoms with Gasteiger partial charge in [0.2, 0.25) is 0 Å². The Morgan fingerprint density at radius 3 is 3.06 bits per heavy atom. The zero-order valence-electron chi connectivity index (χ0n) is 9.91. The molecule has 1 aliphatic heterocycles. The third-order valence-corrected chi connectivity index (χ3v) is 3.07. The van der Waals surface area contributed by atoms with E-state index in [0.717, 1.165) is 17.8 Å². The highest BCUT2D eigenvalue weighted by Crippen LogP contribution is 2.20. The topological polar surface area (TPSA) is 50.2 Å². The summed E-state index contributed by atoms with van der Waals surface area (Å²) < 4.78 is 1.51. The number of benzene rings is 1. The van der Waals surface area contributed by atoms with Gasteiger partial charge in [-0.15, -0.1) is 0 Å². The molecule has 0 radical (unpaired) electrons. The summed E-state index contributed by atoms with van der Waals surface area (Å²) in [5, 5.41) is 3.34. The first-order valence-corrected chi connectivity index (χ1v) is 5.93. The van der Waals surface area contributed by atoms with Crippen LogP contribution in [0.5, 0.6) is 0 Å². The minimum Gasteiger partial charge on any atom is -0.383 e. The second-order valence-electron chi connectivity index (χ2n) is 4.26. The molecule has 1 aromatic heterocycles. The summed E-state index contributed by atoms with van der Waals surface area (Å²) >= 11 is 0. The van der Waals surface area contributed by atoms with E-state index in [4.69, 9.17) is 0 Å². The number of carbonyl (C=O) groups excluding carboxylic acids is 1. The predicted molar refractivity (Wildman–Crippen MR) is 68.4 cm³/mol. The standard InChI is InChI=1S/C13H14N4O/c18-13(17-7-5-14-10-17)16-8-6-15-12-4-2-1-3-11(12)9-16/h1-5,7,10,15H,6,8-9H2. The van der Waals surface area contributed by atoms with Crippen molar-refractivity contribution in [1.82, 2.24) is 14.5 Å². The van der Waals surface area contributed by atoms with Gasteiger partial charge in [-0.25, -0.2) is 9.78 Å². The van der Waals surface area contributed by atoms with E-state index in [9.17, 15) is 4.79 Å². The summed E-state index contributed by atoms with van der Waals surface area (Å²) in [5.74, 6) is 0. The van der Waals surface area contributed by atoms with Crippen molar-refractivity contribution in [2.45, 2.75) is 6.54 Å². The Morgan fingerprint density at radius 2 is 2.22 bits per heavy atom. The number of rotatable bonds is 0. The molecule has 0 unspecified atom stereocenters. The van der Waals surface area contributed by atoms with Gasteiger partial charge in [0.05, 0.1) is 0 Å². The molecule has 1 amide bonds. The summed E-state index contributed by atoms with van der Waals surface area (Å²) in [7, 11) is 0. The van der Waals surface area contributed by atoms with E-state index in [1.165, 1.54) is 10.9 Å². The SMILES string of the molecule is O=C(N1CCNc2ccccc2C1)n1ccnc1. The number of aromatic nitrogens is 2. The first kappa shape index (κ1) is 10.8. The summed E-state index contributed by atoms with van der Waals surface area (Å²) in [6, 6.07) is 8.04. The summed E-state index contributed by atoms with van der Waals surface area (Å²) in [6.07, 6.45) is 4.82. The molecule has 1 aliphatic rings. The third kappa shape index (κ3) is 1.95. The molecule has 0 saturated carbocycles. The van der Waals surface area contributed by atoms with E-state index in [0.29, 0.717) is 13.1 Å². The van der Waals surface area contributed by atoms with E-state index < -0.39 is 0 Å². The maximum Gasteiger partial charge on any atom is 0.329 e. The van der Waals surface area contributed by atoms with Gasteiger partial charge in [0, 0.05) is 37.7 Å². The molecule has 2 heterocycles. The number of fused-ring (bicyclic) bond motifs is 1. The zero-order chi connectivity index (χ0) is 12.4. The highest BCUT2D eigenvalue weighted by Gasteiger charge is 2.19. The normalized spacial score (nSPS) is 14.6. The van der Waals surface area contributed by atoms with Crippen LogP contribution in [0.15, 0.2) is 43.0 Å². The number of imidazole rings is 1. The van der Waals surface area contributed by atoms with Gasteiger partial charge in [-0.2, -0.15) is 0 Å². The van der Waals surface area contributed by atoms with E-state index in [2.05, 4.69) is 10.3 Å². The Bertz CT molecular complexity index is 550. The van der Waals surface area contributed by atoms with Crippen molar-refractivity contribution in [2.75, 3.05) is 18.4 Å². The fourth-order valence-corrected chi connectivity index (χ4v) is 2.14. The van der Waals surface area contributed by atoms with Crippen LogP contribution in [0, 0.1) is 0 Å². The molecular weight excluding hydrogens is 228 g/mol. The minimum atomic E-state index is -0.0361. The fraction of sp³-hybridized carbons (Fsp3) is 0.231. The molecule has 0 aliphatic carbocycles. The molecule has 0 atom stereocenters. The summed E-state index contributed by atoms with van der Waals surface area (Å²) in [6.45, 7) is 2.07. The van der Waals surface area contributed by atoms with Crippen LogP contribution in [0.25, 0.3) is 0 Å². The van der Waals surface area contributed by atoms with E-state index in [1.54, 1.807) is 12.4 Å². The second kappa shape index (κ2) is 4.52. The van der Waals surface area contributed by atoms with Crippen LogP contribution in [0.3, 0.4) is 0 Å². The predicted octanol–water partition coefficient (Wildman–Crippen LogP) is 1.78. The van der Waals surface area contributed by atoms with Crippen LogP contribution in [-0.2, 0) is 6.54 Å². The van der Waals surface area contributed by atoms with E-state index >= 15 is 0 Å². The highest BCUT2D eigenvalue weighted by atomic mass is 16.2. The van der Waals surface area contributed by atoms with Gasteiger partial charge in [-0.1, -0.05) is 18.2 Å². The zero-order valence-corrected chi connectivity index (χ0v) is 9.91. The van der Waals surface area contributed by atoms with Gasteiger partial charge >= 0.3 is 6.03 Å². The van der Waals surface area contributed by atoms with Crippen LogP contribution in [0.2, 0.25) is 0 Å².